The Labute approximate surface area is 162 Å². The van der Waals surface area contributed by atoms with E-state index in [0.717, 1.165) is 5.57 Å². The van der Waals surface area contributed by atoms with Crippen LogP contribution in [0.25, 0.3) is 0 Å². The first-order chi connectivity index (χ1) is 12.4. The Bertz CT molecular complexity index is 574. The molecule has 1 aliphatic rings. The van der Waals surface area contributed by atoms with Crippen LogP contribution in [0.5, 0.6) is 0 Å². The van der Waals surface area contributed by atoms with Crippen molar-refractivity contribution in [2.75, 3.05) is 13.2 Å². The first-order valence-electron chi connectivity index (χ1n) is 9.61. The minimum Gasteiger partial charge on any atom is -0.481 e. The summed E-state index contributed by atoms with van der Waals surface area (Å²) in [4.78, 5) is 35.7. The summed E-state index contributed by atoms with van der Waals surface area (Å²) in [5, 5.41) is 9.00. The fourth-order valence-corrected chi connectivity index (χ4v) is 3.28. The number of hydrogen-bond acceptors (Lipinski definition) is 5. The summed E-state index contributed by atoms with van der Waals surface area (Å²) in [6.45, 7) is 11.7. The van der Waals surface area contributed by atoms with Crippen LogP contribution >= 0.6 is 0 Å². The van der Waals surface area contributed by atoms with Gasteiger partial charge in [-0.05, 0) is 51.9 Å². The fraction of sp³-hybridized carbons (Fsp3) is 0.762. The lowest BCUT2D eigenvalue weighted by atomic mass is 9.67. The van der Waals surface area contributed by atoms with Crippen molar-refractivity contribution in [1.82, 2.24) is 0 Å². The zero-order valence-electron chi connectivity index (χ0n) is 17.5. The van der Waals surface area contributed by atoms with Gasteiger partial charge in [-0.3, -0.25) is 14.4 Å². The van der Waals surface area contributed by atoms with Crippen LogP contribution in [0.2, 0.25) is 0 Å². The van der Waals surface area contributed by atoms with Crippen LogP contribution in [0.3, 0.4) is 0 Å². The highest BCUT2D eigenvalue weighted by Gasteiger charge is 2.43. The Balaban J connectivity index is 2.46. The van der Waals surface area contributed by atoms with E-state index >= 15 is 0 Å². The van der Waals surface area contributed by atoms with E-state index in [2.05, 4.69) is 0 Å². The maximum absolute atomic E-state index is 12.6. The van der Waals surface area contributed by atoms with Gasteiger partial charge in [0.25, 0.3) is 0 Å². The van der Waals surface area contributed by atoms with Crippen LogP contribution in [0.15, 0.2) is 11.6 Å². The van der Waals surface area contributed by atoms with Gasteiger partial charge < -0.3 is 14.6 Å². The molecular formula is C21H34O6. The lowest BCUT2D eigenvalue weighted by molar-refractivity contribution is -0.163. The molecule has 1 rings (SSSR count). The van der Waals surface area contributed by atoms with E-state index in [0.29, 0.717) is 25.7 Å². The number of ether oxygens (including phenoxy) is 2. The average molecular weight is 382 g/mol. The van der Waals surface area contributed by atoms with Gasteiger partial charge in [0, 0.05) is 0 Å². The standard InChI is InChI=1S/C21H34O6/c1-14(2)13-21(6,20(3,4)5)19(25)27-12-11-26-18(24)16-9-7-15(8-10-16)17(22)23/h13,15-16H,7-12H2,1-6H3,(H,22,23). The molecule has 1 unspecified atom stereocenters. The number of hydrogen-bond donors (Lipinski definition) is 1. The molecule has 1 fully saturated rings. The Morgan fingerprint density at radius 3 is 1.85 bits per heavy atom. The van der Waals surface area contributed by atoms with Crippen LogP contribution < -0.4 is 0 Å². The summed E-state index contributed by atoms with van der Waals surface area (Å²) in [5.41, 5.74) is -0.0564. The highest BCUT2D eigenvalue weighted by Crippen LogP contribution is 2.41. The monoisotopic (exact) mass is 382 g/mol. The summed E-state index contributed by atoms with van der Waals surface area (Å²) >= 11 is 0. The number of carboxylic acid groups (broad SMARTS) is 1. The van der Waals surface area contributed by atoms with Crippen LogP contribution in [-0.2, 0) is 23.9 Å². The van der Waals surface area contributed by atoms with E-state index in [4.69, 9.17) is 14.6 Å². The van der Waals surface area contributed by atoms with Crippen molar-refractivity contribution in [1.29, 1.82) is 0 Å². The van der Waals surface area contributed by atoms with E-state index in [1.165, 1.54) is 0 Å². The molecule has 1 N–H and O–H groups in total. The minimum atomic E-state index is -0.799. The number of aliphatic carboxylic acids is 1. The molecule has 0 bridgehead atoms. The Hall–Kier alpha value is -1.85. The Morgan fingerprint density at radius 2 is 1.41 bits per heavy atom. The average Bonchev–Trinajstić information content (AvgIpc) is 2.56. The maximum atomic E-state index is 12.6. The minimum absolute atomic E-state index is 0.0112. The number of carbonyl (C=O) groups is 3. The predicted octanol–water partition coefficient (Wildman–Crippen LogP) is 3.98. The molecule has 1 aliphatic carbocycles. The van der Waals surface area contributed by atoms with E-state index in [-0.39, 0.29) is 42.4 Å². The molecule has 6 nitrogen and oxygen atoms in total. The Kier molecular flexibility index (Phi) is 8.05. The lowest BCUT2D eigenvalue weighted by Gasteiger charge is -2.37. The van der Waals surface area contributed by atoms with Crippen molar-refractivity contribution in [3.05, 3.63) is 11.6 Å². The van der Waals surface area contributed by atoms with Crippen molar-refractivity contribution >= 4 is 17.9 Å². The van der Waals surface area contributed by atoms with Crippen molar-refractivity contribution in [2.24, 2.45) is 22.7 Å². The molecule has 1 atom stereocenters. The molecule has 0 heterocycles. The normalized spacial score (nSPS) is 22.3. The summed E-state index contributed by atoms with van der Waals surface area (Å²) < 4.78 is 10.6. The third kappa shape index (κ3) is 6.36. The Morgan fingerprint density at radius 1 is 0.926 bits per heavy atom. The molecule has 0 amide bonds. The van der Waals surface area contributed by atoms with Gasteiger partial charge in [-0.2, -0.15) is 0 Å². The molecule has 0 aliphatic heterocycles. The molecule has 0 spiro atoms. The molecular weight excluding hydrogens is 348 g/mol. The molecule has 6 heteroatoms. The van der Waals surface area contributed by atoms with Gasteiger partial charge in [-0.15, -0.1) is 0 Å². The van der Waals surface area contributed by atoms with Gasteiger partial charge in [-0.1, -0.05) is 32.4 Å². The van der Waals surface area contributed by atoms with E-state index in [1.54, 1.807) is 0 Å². The second-order valence-corrected chi connectivity index (χ2v) is 8.86. The third-order valence-electron chi connectivity index (χ3n) is 5.53. The summed E-state index contributed by atoms with van der Waals surface area (Å²) in [6.07, 6.45) is 3.96. The number of carbonyl (C=O) groups excluding carboxylic acids is 2. The highest BCUT2D eigenvalue weighted by molar-refractivity contribution is 5.80. The lowest BCUT2D eigenvalue weighted by Crippen LogP contribution is -2.40. The van der Waals surface area contributed by atoms with Crippen molar-refractivity contribution in [3.8, 4) is 0 Å². The second-order valence-electron chi connectivity index (χ2n) is 8.86. The van der Waals surface area contributed by atoms with Gasteiger partial charge in [0.05, 0.1) is 17.3 Å². The van der Waals surface area contributed by atoms with Crippen LogP contribution in [0.4, 0.5) is 0 Å². The molecule has 27 heavy (non-hydrogen) atoms. The number of rotatable bonds is 7. The molecule has 0 aromatic heterocycles. The van der Waals surface area contributed by atoms with Crippen LogP contribution in [-0.4, -0.2) is 36.2 Å². The molecule has 0 saturated heterocycles. The van der Waals surface area contributed by atoms with Crippen molar-refractivity contribution in [2.45, 2.75) is 67.2 Å². The summed E-state index contributed by atoms with van der Waals surface area (Å²) in [7, 11) is 0. The first kappa shape index (κ1) is 23.2. The molecule has 0 radical (unpaired) electrons. The van der Waals surface area contributed by atoms with Crippen molar-refractivity contribution in [3.63, 3.8) is 0 Å². The topological polar surface area (TPSA) is 89.9 Å². The SMILES string of the molecule is CC(C)=CC(C)(C(=O)OCCOC(=O)C1CCC(C(=O)O)CC1)C(C)(C)C. The quantitative estimate of drug-likeness (QED) is 0.407. The number of carboxylic acids is 1. The largest absolute Gasteiger partial charge is 0.481 e. The zero-order chi connectivity index (χ0) is 20.8. The van der Waals surface area contributed by atoms with Gasteiger partial charge >= 0.3 is 17.9 Å². The van der Waals surface area contributed by atoms with Gasteiger partial charge in [0.1, 0.15) is 13.2 Å². The van der Waals surface area contributed by atoms with Gasteiger partial charge in [-0.25, -0.2) is 0 Å². The zero-order valence-corrected chi connectivity index (χ0v) is 17.5. The van der Waals surface area contributed by atoms with Gasteiger partial charge in [0.15, 0.2) is 0 Å². The molecule has 0 aromatic rings. The number of esters is 2. The number of allylic oxidation sites excluding steroid dienone is 1. The maximum Gasteiger partial charge on any atom is 0.316 e. The van der Waals surface area contributed by atoms with Gasteiger partial charge in [0.2, 0.25) is 0 Å². The van der Waals surface area contributed by atoms with E-state index in [1.807, 2.05) is 47.6 Å². The van der Waals surface area contributed by atoms with Crippen LogP contribution in [0.1, 0.15) is 67.2 Å². The third-order valence-corrected chi connectivity index (χ3v) is 5.53. The highest BCUT2D eigenvalue weighted by atomic mass is 16.6. The first-order valence-corrected chi connectivity index (χ1v) is 9.61. The molecule has 1 saturated carbocycles. The smallest absolute Gasteiger partial charge is 0.316 e. The van der Waals surface area contributed by atoms with E-state index < -0.39 is 11.4 Å². The molecule has 0 aromatic carbocycles. The van der Waals surface area contributed by atoms with Crippen molar-refractivity contribution < 1.29 is 29.0 Å². The fourth-order valence-electron chi connectivity index (χ4n) is 3.28. The second kappa shape index (κ2) is 9.38. The predicted molar refractivity (Wildman–Crippen MR) is 102 cm³/mol. The summed E-state index contributed by atoms with van der Waals surface area (Å²) in [5.74, 6) is -2.10. The van der Waals surface area contributed by atoms with E-state index in [9.17, 15) is 14.4 Å². The van der Waals surface area contributed by atoms with Crippen LogP contribution in [0, 0.1) is 22.7 Å². The molecule has 154 valence electrons. The summed E-state index contributed by atoms with van der Waals surface area (Å²) in [6, 6.07) is 0.